The molecule has 0 spiro atoms. The lowest BCUT2D eigenvalue weighted by atomic mass is 10.1. The van der Waals surface area contributed by atoms with Crippen LogP contribution in [0.4, 0.5) is 10.1 Å². The number of hydrogen-bond acceptors (Lipinski definition) is 6. The summed E-state index contributed by atoms with van der Waals surface area (Å²) in [5.41, 5.74) is 0.659. The number of fused-ring (bicyclic) bond motifs is 1. The molecular weight excluding hydrogens is 573 g/mol. The molecule has 2 amide bonds. The first-order chi connectivity index (χ1) is 19.6. The summed E-state index contributed by atoms with van der Waals surface area (Å²) >= 11 is 6.39. The second-order valence-electron chi connectivity index (χ2n) is 9.23. The van der Waals surface area contributed by atoms with Gasteiger partial charge in [0.1, 0.15) is 31.6 Å². The van der Waals surface area contributed by atoms with Crippen LogP contribution in [0.1, 0.15) is 25.8 Å². The van der Waals surface area contributed by atoms with E-state index in [1.807, 2.05) is 0 Å². The van der Waals surface area contributed by atoms with Gasteiger partial charge in [0.25, 0.3) is 10.0 Å². The number of likely N-dealkylation sites (N-methyl/N-ethyl adjacent to an activating group) is 1. The number of benzene rings is 3. The number of sulfonamides is 1. The minimum Gasteiger partial charge on any atom is -0.486 e. The summed E-state index contributed by atoms with van der Waals surface area (Å²) in [4.78, 5) is 28.2. The topological polar surface area (TPSA) is 105 Å². The van der Waals surface area contributed by atoms with Gasteiger partial charge >= 0.3 is 0 Å². The van der Waals surface area contributed by atoms with Crippen molar-refractivity contribution in [2.75, 3.05) is 30.6 Å². The normalized spacial score (nSPS) is 13.3. The van der Waals surface area contributed by atoms with Gasteiger partial charge in [-0.2, -0.15) is 0 Å². The summed E-state index contributed by atoms with van der Waals surface area (Å²) < 4.78 is 53.8. The molecule has 1 N–H and O–H groups in total. The summed E-state index contributed by atoms with van der Waals surface area (Å²) in [6.45, 7) is 3.77. The predicted molar refractivity (Wildman–Crippen MR) is 153 cm³/mol. The molecule has 0 aliphatic carbocycles. The van der Waals surface area contributed by atoms with Crippen molar-refractivity contribution in [3.8, 4) is 11.5 Å². The Morgan fingerprint density at radius 1 is 1.00 bits per heavy atom. The molecule has 41 heavy (non-hydrogen) atoms. The Morgan fingerprint density at radius 3 is 2.34 bits per heavy atom. The van der Waals surface area contributed by atoms with Crippen LogP contribution < -0.4 is 19.1 Å². The molecule has 218 valence electrons. The Labute approximate surface area is 243 Å². The number of anilines is 1. The summed E-state index contributed by atoms with van der Waals surface area (Å²) in [5.74, 6) is -0.935. The van der Waals surface area contributed by atoms with Crippen molar-refractivity contribution in [1.82, 2.24) is 10.2 Å². The molecule has 1 heterocycles. The van der Waals surface area contributed by atoms with Gasteiger partial charge in [0, 0.05) is 24.2 Å². The van der Waals surface area contributed by atoms with Crippen LogP contribution in [0.2, 0.25) is 5.02 Å². The lowest BCUT2D eigenvalue weighted by molar-refractivity contribution is -0.140. The number of amides is 2. The third-order valence-electron chi connectivity index (χ3n) is 6.53. The van der Waals surface area contributed by atoms with Crippen molar-refractivity contribution in [2.24, 2.45) is 0 Å². The van der Waals surface area contributed by atoms with Gasteiger partial charge in [-0.25, -0.2) is 12.8 Å². The lowest BCUT2D eigenvalue weighted by Crippen LogP contribution is -2.52. The van der Waals surface area contributed by atoms with Crippen molar-refractivity contribution in [2.45, 2.75) is 37.8 Å². The van der Waals surface area contributed by atoms with E-state index in [0.29, 0.717) is 29.5 Å². The van der Waals surface area contributed by atoms with Crippen LogP contribution in [-0.2, 0) is 26.2 Å². The maximum absolute atomic E-state index is 14.0. The van der Waals surface area contributed by atoms with E-state index in [0.717, 1.165) is 16.4 Å². The van der Waals surface area contributed by atoms with Gasteiger partial charge in [-0.05, 0) is 61.4 Å². The average molecular weight is 604 g/mol. The van der Waals surface area contributed by atoms with Crippen molar-refractivity contribution >= 4 is 39.1 Å². The van der Waals surface area contributed by atoms with Gasteiger partial charge in [0.05, 0.1) is 10.6 Å². The molecule has 0 aromatic heterocycles. The Morgan fingerprint density at radius 2 is 1.68 bits per heavy atom. The van der Waals surface area contributed by atoms with Gasteiger partial charge in [-0.1, -0.05) is 36.7 Å². The van der Waals surface area contributed by atoms with Gasteiger partial charge in [-0.3, -0.25) is 13.9 Å². The van der Waals surface area contributed by atoms with Crippen LogP contribution in [0.5, 0.6) is 11.5 Å². The van der Waals surface area contributed by atoms with E-state index >= 15 is 0 Å². The minimum absolute atomic E-state index is 0.0323. The van der Waals surface area contributed by atoms with Crippen LogP contribution in [0.3, 0.4) is 0 Å². The minimum atomic E-state index is -4.37. The number of nitrogens with one attached hydrogen (secondary N) is 1. The molecule has 1 atom stereocenters. The van der Waals surface area contributed by atoms with Gasteiger partial charge in [0.2, 0.25) is 11.8 Å². The van der Waals surface area contributed by atoms with E-state index in [9.17, 15) is 22.4 Å². The standard InChI is InChI=1S/C29H31ClFN3O6S/c1-3-25(29(36)32-4-2)33(18-20-7-5-6-8-24(20)30)28(35)19-34(22-11-9-21(31)10-12-22)41(37,38)23-13-14-26-27(17-23)40-16-15-39-26/h5-14,17,25H,3-4,15-16,18-19H2,1-2H3,(H,32,36). The molecule has 4 rings (SSSR count). The SMILES string of the molecule is CCNC(=O)C(CC)N(Cc1ccccc1Cl)C(=O)CN(c1ccc(F)cc1)S(=O)(=O)c1ccc2c(c1)OCCO2. The highest BCUT2D eigenvalue weighted by molar-refractivity contribution is 7.92. The van der Waals surface area contributed by atoms with Crippen LogP contribution in [0.15, 0.2) is 71.6 Å². The second-order valence-corrected chi connectivity index (χ2v) is 11.5. The zero-order valence-corrected chi connectivity index (χ0v) is 24.3. The zero-order valence-electron chi connectivity index (χ0n) is 22.7. The summed E-state index contributed by atoms with van der Waals surface area (Å²) in [6.07, 6.45) is 0.271. The maximum Gasteiger partial charge on any atom is 0.264 e. The molecular formula is C29H31ClFN3O6S. The number of rotatable bonds is 11. The van der Waals surface area contributed by atoms with Crippen LogP contribution in [0, 0.1) is 5.82 Å². The van der Waals surface area contributed by atoms with Gasteiger partial charge in [0.15, 0.2) is 11.5 Å². The van der Waals surface area contributed by atoms with Crippen LogP contribution in [-0.4, -0.2) is 57.5 Å². The zero-order chi connectivity index (χ0) is 29.6. The van der Waals surface area contributed by atoms with Crippen molar-refractivity contribution in [1.29, 1.82) is 0 Å². The molecule has 12 heteroatoms. The highest BCUT2D eigenvalue weighted by Crippen LogP contribution is 2.34. The summed E-state index contributed by atoms with van der Waals surface area (Å²) in [7, 11) is -4.37. The number of carbonyl (C=O) groups excluding carboxylic acids is 2. The molecule has 1 aliphatic rings. The molecule has 0 saturated heterocycles. The largest absolute Gasteiger partial charge is 0.486 e. The molecule has 0 fully saturated rings. The Balaban J connectivity index is 1.75. The fraction of sp³-hybridized carbons (Fsp3) is 0.310. The van der Waals surface area contributed by atoms with E-state index in [2.05, 4.69) is 5.32 Å². The van der Waals surface area contributed by atoms with Crippen molar-refractivity contribution in [3.05, 3.63) is 83.1 Å². The van der Waals surface area contributed by atoms with Crippen molar-refractivity contribution in [3.63, 3.8) is 0 Å². The highest BCUT2D eigenvalue weighted by Gasteiger charge is 2.34. The third kappa shape index (κ3) is 6.91. The lowest BCUT2D eigenvalue weighted by Gasteiger charge is -2.33. The number of carbonyl (C=O) groups is 2. The number of nitrogens with zero attached hydrogens (tertiary/aromatic N) is 2. The van der Waals surface area contributed by atoms with E-state index in [4.69, 9.17) is 21.1 Å². The monoisotopic (exact) mass is 603 g/mol. The predicted octanol–water partition coefficient (Wildman–Crippen LogP) is 4.39. The molecule has 3 aromatic rings. The smallest absolute Gasteiger partial charge is 0.264 e. The Kier molecular flexibility index (Phi) is 9.72. The van der Waals surface area contributed by atoms with Crippen molar-refractivity contribution < 1.29 is 31.9 Å². The summed E-state index contributed by atoms with van der Waals surface area (Å²) in [6, 6.07) is 14.9. The van der Waals surface area contributed by atoms with Crippen LogP contribution in [0.25, 0.3) is 0 Å². The Hall–Kier alpha value is -3.83. The average Bonchev–Trinajstić information content (AvgIpc) is 2.97. The molecule has 0 saturated carbocycles. The molecule has 3 aromatic carbocycles. The highest BCUT2D eigenvalue weighted by atomic mass is 35.5. The fourth-order valence-corrected chi connectivity index (χ4v) is 6.09. The molecule has 1 aliphatic heterocycles. The summed E-state index contributed by atoms with van der Waals surface area (Å²) in [5, 5.41) is 3.14. The van der Waals surface area contributed by atoms with E-state index in [-0.39, 0.29) is 41.8 Å². The molecule has 9 nitrogen and oxygen atoms in total. The maximum atomic E-state index is 14.0. The number of ether oxygens (including phenoxy) is 2. The van der Waals surface area contributed by atoms with Gasteiger partial charge < -0.3 is 19.7 Å². The molecule has 0 radical (unpaired) electrons. The fourth-order valence-electron chi connectivity index (χ4n) is 4.47. The Bertz CT molecular complexity index is 1500. The second kappa shape index (κ2) is 13.2. The molecule has 1 unspecified atom stereocenters. The number of halogens is 2. The van der Waals surface area contributed by atoms with E-state index in [1.165, 1.54) is 35.2 Å². The first-order valence-electron chi connectivity index (χ1n) is 13.1. The quantitative estimate of drug-likeness (QED) is 0.349. The van der Waals surface area contributed by atoms with Crippen LogP contribution >= 0.6 is 11.6 Å². The number of hydrogen-bond donors (Lipinski definition) is 1. The van der Waals surface area contributed by atoms with Gasteiger partial charge in [-0.15, -0.1) is 0 Å². The molecule has 0 bridgehead atoms. The third-order valence-corrected chi connectivity index (χ3v) is 8.67. The first-order valence-corrected chi connectivity index (χ1v) is 15.0. The first kappa shape index (κ1) is 30.1. The van der Waals surface area contributed by atoms with E-state index in [1.54, 1.807) is 38.1 Å². The van der Waals surface area contributed by atoms with E-state index < -0.39 is 34.3 Å².